The van der Waals surface area contributed by atoms with Gasteiger partial charge in [0, 0.05) is 32.0 Å². The van der Waals surface area contributed by atoms with E-state index in [1.54, 1.807) is 24.3 Å². The van der Waals surface area contributed by atoms with Crippen molar-refractivity contribution in [3.63, 3.8) is 0 Å². The number of rotatable bonds is 18. The molecule has 9 heteroatoms. The molecule has 0 heterocycles. The third-order valence-corrected chi connectivity index (χ3v) is 6.87. The van der Waals surface area contributed by atoms with Gasteiger partial charge in [-0.3, -0.25) is 14.4 Å². The Morgan fingerprint density at radius 3 is 2.26 bits per heavy atom. The van der Waals surface area contributed by atoms with Gasteiger partial charge in [0.15, 0.2) is 0 Å². The van der Waals surface area contributed by atoms with Crippen molar-refractivity contribution >= 4 is 17.7 Å². The summed E-state index contributed by atoms with van der Waals surface area (Å²) < 4.78 is 5.70. The number of ether oxygens (including phenoxy) is 1. The van der Waals surface area contributed by atoms with Crippen molar-refractivity contribution in [1.82, 2.24) is 16.0 Å². The monoisotopic (exact) mass is 534 g/mol. The fraction of sp³-hybridized carbons (Fsp3) is 0.690. The van der Waals surface area contributed by atoms with Crippen molar-refractivity contribution in [3.8, 4) is 5.75 Å². The molecule has 0 fully saturated rings. The van der Waals surface area contributed by atoms with Crippen LogP contribution < -0.4 is 26.4 Å². The van der Waals surface area contributed by atoms with Crippen LogP contribution in [-0.2, 0) is 9.59 Å². The summed E-state index contributed by atoms with van der Waals surface area (Å²) in [5.41, 5.74) is 6.83. The predicted octanol–water partition coefficient (Wildman–Crippen LogP) is 2.86. The average molecular weight is 535 g/mol. The van der Waals surface area contributed by atoms with Crippen LogP contribution in [0.2, 0.25) is 0 Å². The van der Waals surface area contributed by atoms with E-state index in [4.69, 9.17) is 10.5 Å². The largest absolute Gasteiger partial charge is 0.491 e. The molecule has 216 valence electrons. The van der Waals surface area contributed by atoms with Gasteiger partial charge in [0.2, 0.25) is 11.8 Å². The maximum absolute atomic E-state index is 13.0. The number of para-hydroxylation sites is 1. The minimum absolute atomic E-state index is 0.0346. The molecule has 0 spiro atoms. The Hall–Kier alpha value is -2.65. The van der Waals surface area contributed by atoms with Crippen LogP contribution in [0.15, 0.2) is 24.3 Å². The Kier molecular flexibility index (Phi) is 15.6. The zero-order chi connectivity index (χ0) is 28.7. The van der Waals surface area contributed by atoms with Crippen LogP contribution in [0, 0.1) is 23.7 Å². The van der Waals surface area contributed by atoms with Crippen LogP contribution in [0.3, 0.4) is 0 Å². The van der Waals surface area contributed by atoms with E-state index >= 15 is 0 Å². The number of benzene rings is 1. The molecule has 0 saturated carbocycles. The summed E-state index contributed by atoms with van der Waals surface area (Å²) in [4.78, 5) is 36.7. The number of unbranched alkanes of at least 4 members (excludes halogenated alkanes) is 1. The fourth-order valence-corrected chi connectivity index (χ4v) is 4.22. The van der Waals surface area contributed by atoms with Crippen LogP contribution in [0.1, 0.15) is 77.6 Å². The first-order valence-corrected chi connectivity index (χ1v) is 13.9. The molecule has 0 aliphatic heterocycles. The molecule has 1 aromatic carbocycles. The summed E-state index contributed by atoms with van der Waals surface area (Å²) in [5.74, 6) is 0.0294. The van der Waals surface area contributed by atoms with Gasteiger partial charge in [0.25, 0.3) is 5.91 Å². The second-order valence-corrected chi connectivity index (χ2v) is 10.7. The Bertz CT molecular complexity index is 861. The molecule has 38 heavy (non-hydrogen) atoms. The summed E-state index contributed by atoms with van der Waals surface area (Å²) in [5, 5.41) is 19.5. The van der Waals surface area contributed by atoms with Crippen LogP contribution in [0.4, 0.5) is 0 Å². The zero-order valence-corrected chi connectivity index (χ0v) is 24.1. The zero-order valence-electron chi connectivity index (χ0n) is 24.1. The number of carbonyl (C=O) groups is 3. The summed E-state index contributed by atoms with van der Waals surface area (Å²) in [6.07, 6.45) is 1.92. The maximum Gasteiger partial charge on any atom is 0.255 e. The van der Waals surface area contributed by atoms with E-state index < -0.39 is 12.1 Å². The summed E-state index contributed by atoms with van der Waals surface area (Å²) in [6, 6.07) is 6.45. The quantitative estimate of drug-likeness (QED) is 0.183. The lowest BCUT2D eigenvalue weighted by atomic mass is 9.83. The first-order chi connectivity index (χ1) is 18.0. The van der Waals surface area contributed by atoms with Gasteiger partial charge in [0.1, 0.15) is 12.4 Å². The molecular formula is C29H50N4O5. The number of nitrogens with two attached hydrogens (primary N) is 1. The van der Waals surface area contributed by atoms with Crippen molar-refractivity contribution in [2.24, 2.45) is 29.4 Å². The molecule has 0 aliphatic carbocycles. The van der Waals surface area contributed by atoms with Crippen molar-refractivity contribution in [2.45, 2.75) is 79.4 Å². The number of aliphatic hydroxyl groups is 1. The average Bonchev–Trinajstić information content (AvgIpc) is 2.86. The highest BCUT2D eigenvalue weighted by atomic mass is 16.5. The van der Waals surface area contributed by atoms with Gasteiger partial charge in [-0.1, -0.05) is 53.2 Å². The van der Waals surface area contributed by atoms with Gasteiger partial charge in [-0.2, -0.15) is 0 Å². The third kappa shape index (κ3) is 12.3. The minimum Gasteiger partial charge on any atom is -0.491 e. The Balaban J connectivity index is 2.72. The minimum atomic E-state index is -0.825. The van der Waals surface area contributed by atoms with Gasteiger partial charge >= 0.3 is 0 Å². The fourth-order valence-electron chi connectivity index (χ4n) is 4.22. The molecule has 6 N–H and O–H groups in total. The van der Waals surface area contributed by atoms with Gasteiger partial charge in [0.05, 0.1) is 18.2 Å². The van der Waals surface area contributed by atoms with Gasteiger partial charge in [-0.25, -0.2) is 0 Å². The molecule has 0 aliphatic rings. The number of nitrogens with one attached hydrogen (secondary N) is 3. The van der Waals surface area contributed by atoms with Crippen LogP contribution in [-0.4, -0.2) is 61.2 Å². The third-order valence-electron chi connectivity index (χ3n) is 6.87. The van der Waals surface area contributed by atoms with Crippen LogP contribution in [0.25, 0.3) is 0 Å². The first kappa shape index (κ1) is 33.4. The van der Waals surface area contributed by atoms with E-state index in [-0.39, 0.29) is 48.0 Å². The molecular weight excluding hydrogens is 484 g/mol. The van der Waals surface area contributed by atoms with Crippen molar-refractivity contribution in [2.75, 3.05) is 26.2 Å². The smallest absolute Gasteiger partial charge is 0.255 e. The number of hydrogen-bond donors (Lipinski definition) is 5. The van der Waals surface area contributed by atoms with Crippen LogP contribution >= 0.6 is 0 Å². The van der Waals surface area contributed by atoms with E-state index in [1.807, 2.05) is 13.8 Å². The molecule has 0 bridgehead atoms. The second-order valence-electron chi connectivity index (χ2n) is 10.7. The molecule has 0 radical (unpaired) electrons. The highest BCUT2D eigenvalue weighted by molar-refractivity contribution is 5.96. The maximum atomic E-state index is 13.0. The molecule has 0 aromatic heterocycles. The lowest BCUT2D eigenvalue weighted by Crippen LogP contribution is -2.44. The lowest BCUT2D eigenvalue weighted by Gasteiger charge is -2.30. The molecule has 4 atom stereocenters. The number of carbonyl (C=O) groups excluding carboxylic acids is 3. The Labute approximate surface area is 228 Å². The first-order valence-electron chi connectivity index (χ1n) is 13.9. The van der Waals surface area contributed by atoms with Crippen molar-refractivity contribution < 1.29 is 24.2 Å². The number of amides is 3. The summed E-state index contributed by atoms with van der Waals surface area (Å²) in [7, 11) is 0. The number of aliphatic hydroxyl groups excluding tert-OH is 1. The molecule has 9 nitrogen and oxygen atoms in total. The lowest BCUT2D eigenvalue weighted by molar-refractivity contribution is -0.127. The van der Waals surface area contributed by atoms with E-state index in [0.29, 0.717) is 43.8 Å². The molecule has 0 saturated heterocycles. The predicted molar refractivity (Wildman–Crippen MR) is 151 cm³/mol. The van der Waals surface area contributed by atoms with E-state index in [1.165, 1.54) is 6.92 Å². The Morgan fingerprint density at radius 1 is 0.974 bits per heavy atom. The second kappa shape index (κ2) is 17.8. The topological polar surface area (TPSA) is 143 Å². The molecule has 1 rings (SSSR count). The summed E-state index contributed by atoms with van der Waals surface area (Å²) in [6.45, 7) is 13.2. The van der Waals surface area contributed by atoms with Crippen molar-refractivity contribution in [1.29, 1.82) is 0 Å². The standard InChI is InChI=1S/C29H50N4O5/c1-7-8-13-32-29(37)24(20(4)5)17-26(35)25(30)16-22(19(2)3)18-33-28(36)23-11-9-10-12-27(23)38-15-14-31-21(6)34/h9-12,19-20,22,24-26,35H,7-8,13-18,30H2,1-6H3,(H,31,34)(H,32,37)(H,33,36)/t22-,24-,25+,26+/m1/s1. The Morgan fingerprint density at radius 2 is 1.66 bits per heavy atom. The van der Waals surface area contributed by atoms with Gasteiger partial charge in [-0.15, -0.1) is 0 Å². The van der Waals surface area contributed by atoms with E-state index in [2.05, 4.69) is 36.7 Å². The van der Waals surface area contributed by atoms with Crippen molar-refractivity contribution in [3.05, 3.63) is 29.8 Å². The SMILES string of the molecule is CCCCNC(=O)[C@H](C[C@H](O)[C@@H](N)C[C@H](CNC(=O)c1ccccc1OCCNC(C)=O)C(C)C)C(C)C. The molecule has 0 unspecified atom stereocenters. The molecule has 3 amide bonds. The van der Waals surface area contributed by atoms with E-state index in [9.17, 15) is 19.5 Å². The van der Waals surface area contributed by atoms with Crippen LogP contribution in [0.5, 0.6) is 5.75 Å². The summed E-state index contributed by atoms with van der Waals surface area (Å²) >= 11 is 0. The highest BCUT2D eigenvalue weighted by Crippen LogP contribution is 2.24. The van der Waals surface area contributed by atoms with Gasteiger partial charge in [-0.05, 0) is 49.1 Å². The van der Waals surface area contributed by atoms with Gasteiger partial charge < -0.3 is 31.5 Å². The normalized spacial score (nSPS) is 14.5. The highest BCUT2D eigenvalue weighted by Gasteiger charge is 2.29. The molecule has 1 aromatic rings. The van der Waals surface area contributed by atoms with E-state index in [0.717, 1.165) is 12.8 Å². The number of hydrogen-bond acceptors (Lipinski definition) is 6.